The molecule has 0 unspecified atom stereocenters. The SMILES string of the molecule is O=C(O)C(=O)Sc1cc(C(F)(F)F)cc(C(F)(F)F)c1. The second-order valence-corrected chi connectivity index (χ2v) is 4.48. The Morgan fingerprint density at radius 3 is 1.60 bits per heavy atom. The van der Waals surface area contributed by atoms with E-state index in [4.69, 9.17) is 5.11 Å². The van der Waals surface area contributed by atoms with E-state index in [0.717, 1.165) is 0 Å². The molecule has 0 radical (unpaired) electrons. The predicted molar refractivity (Wildman–Crippen MR) is 54.9 cm³/mol. The summed E-state index contributed by atoms with van der Waals surface area (Å²) >= 11 is -0.226. The van der Waals surface area contributed by atoms with Crippen molar-refractivity contribution in [3.05, 3.63) is 29.3 Å². The second-order valence-electron chi connectivity index (χ2n) is 3.44. The third-order valence-corrected chi connectivity index (χ3v) is 2.78. The molecule has 0 saturated carbocycles. The maximum Gasteiger partial charge on any atom is 0.416 e. The van der Waals surface area contributed by atoms with Gasteiger partial charge in [-0.15, -0.1) is 0 Å². The molecule has 0 aromatic heterocycles. The molecule has 1 aromatic rings. The standard InChI is InChI=1S/C10H4F6O3S/c11-9(12,13)4-1-5(10(14,15)16)3-6(2-4)20-8(19)7(17)18/h1-3H,(H,17,18). The lowest BCUT2D eigenvalue weighted by Crippen LogP contribution is -2.12. The summed E-state index contributed by atoms with van der Waals surface area (Å²) in [6, 6.07) is 0.441. The van der Waals surface area contributed by atoms with Crippen molar-refractivity contribution in [1.82, 2.24) is 0 Å². The zero-order valence-corrected chi connectivity index (χ0v) is 9.99. The van der Waals surface area contributed by atoms with Gasteiger partial charge in [0.1, 0.15) is 0 Å². The summed E-state index contributed by atoms with van der Waals surface area (Å²) in [6.45, 7) is 0. The van der Waals surface area contributed by atoms with Gasteiger partial charge in [-0.1, -0.05) is 0 Å². The minimum absolute atomic E-state index is 0.116. The van der Waals surface area contributed by atoms with Crippen molar-refractivity contribution >= 4 is 22.8 Å². The van der Waals surface area contributed by atoms with Crippen molar-refractivity contribution in [3.63, 3.8) is 0 Å². The number of rotatable bonds is 1. The van der Waals surface area contributed by atoms with Gasteiger partial charge in [0.25, 0.3) is 0 Å². The summed E-state index contributed by atoms with van der Waals surface area (Å²) in [4.78, 5) is 20.3. The number of carbonyl (C=O) groups excluding carboxylic acids is 1. The van der Waals surface area contributed by atoms with Crippen molar-refractivity contribution < 1.29 is 41.0 Å². The van der Waals surface area contributed by atoms with E-state index in [9.17, 15) is 35.9 Å². The van der Waals surface area contributed by atoms with Gasteiger partial charge in [0.15, 0.2) is 0 Å². The quantitative estimate of drug-likeness (QED) is 0.490. The molecule has 10 heteroatoms. The van der Waals surface area contributed by atoms with Crippen LogP contribution in [0.1, 0.15) is 11.1 Å². The van der Waals surface area contributed by atoms with Gasteiger partial charge in [-0.25, -0.2) is 4.79 Å². The molecule has 0 aliphatic carbocycles. The molecule has 0 heterocycles. The molecule has 0 saturated heterocycles. The molecule has 0 spiro atoms. The van der Waals surface area contributed by atoms with Gasteiger partial charge < -0.3 is 5.11 Å². The maximum absolute atomic E-state index is 12.5. The third-order valence-electron chi connectivity index (χ3n) is 1.95. The first kappa shape index (κ1) is 16.3. The normalized spacial score (nSPS) is 12.3. The average Bonchev–Trinajstić information content (AvgIpc) is 2.26. The molecule has 1 aromatic carbocycles. The Morgan fingerprint density at radius 1 is 0.900 bits per heavy atom. The van der Waals surface area contributed by atoms with Crippen LogP contribution in [0.2, 0.25) is 0 Å². The van der Waals surface area contributed by atoms with Crippen molar-refractivity contribution in [1.29, 1.82) is 0 Å². The summed E-state index contributed by atoms with van der Waals surface area (Å²) in [5.41, 5.74) is -3.24. The zero-order chi connectivity index (χ0) is 15.7. The highest BCUT2D eigenvalue weighted by molar-refractivity contribution is 8.15. The fraction of sp³-hybridized carbons (Fsp3) is 0.200. The monoisotopic (exact) mass is 318 g/mol. The van der Waals surface area contributed by atoms with Crippen molar-refractivity contribution in [2.45, 2.75) is 17.2 Å². The van der Waals surface area contributed by atoms with Crippen LogP contribution in [0.4, 0.5) is 26.3 Å². The molecule has 110 valence electrons. The summed E-state index contributed by atoms with van der Waals surface area (Å²) in [5, 5.41) is 6.70. The molecule has 0 fully saturated rings. The molecular weight excluding hydrogens is 314 g/mol. The lowest BCUT2D eigenvalue weighted by atomic mass is 10.1. The van der Waals surface area contributed by atoms with Crippen LogP contribution in [-0.2, 0) is 21.9 Å². The number of hydrogen-bond donors (Lipinski definition) is 1. The van der Waals surface area contributed by atoms with Crippen LogP contribution in [0.15, 0.2) is 23.1 Å². The third kappa shape index (κ3) is 4.15. The molecule has 1 rings (SSSR count). The van der Waals surface area contributed by atoms with Gasteiger partial charge in [-0.3, -0.25) is 4.79 Å². The van der Waals surface area contributed by atoms with E-state index in [0.29, 0.717) is 0 Å². The lowest BCUT2D eigenvalue weighted by Gasteiger charge is -2.13. The molecule has 0 bridgehead atoms. The van der Waals surface area contributed by atoms with E-state index in [2.05, 4.69) is 0 Å². The number of aliphatic carboxylic acids is 1. The molecule has 20 heavy (non-hydrogen) atoms. The van der Waals surface area contributed by atoms with Crippen LogP contribution in [0.5, 0.6) is 0 Å². The van der Waals surface area contributed by atoms with Gasteiger partial charge in [0.05, 0.1) is 11.1 Å². The first-order valence-corrected chi connectivity index (χ1v) is 5.47. The average molecular weight is 318 g/mol. The second kappa shape index (κ2) is 5.35. The van der Waals surface area contributed by atoms with Crippen molar-refractivity contribution in [2.75, 3.05) is 0 Å². The van der Waals surface area contributed by atoms with Crippen LogP contribution < -0.4 is 0 Å². The number of halogens is 6. The zero-order valence-electron chi connectivity index (χ0n) is 9.17. The Kier molecular flexibility index (Phi) is 4.37. The highest BCUT2D eigenvalue weighted by atomic mass is 32.2. The Morgan fingerprint density at radius 2 is 1.30 bits per heavy atom. The number of benzene rings is 1. The first-order chi connectivity index (χ1) is 8.91. The number of carbonyl (C=O) groups is 2. The maximum atomic E-state index is 12.5. The molecule has 0 atom stereocenters. The Balaban J connectivity index is 3.31. The molecule has 3 nitrogen and oxygen atoms in total. The number of carboxylic acid groups (broad SMARTS) is 1. The van der Waals surface area contributed by atoms with Gasteiger partial charge in [0, 0.05) is 4.90 Å². The summed E-state index contributed by atoms with van der Waals surface area (Å²) in [7, 11) is 0. The summed E-state index contributed by atoms with van der Waals surface area (Å²) in [6.07, 6.45) is -10.1. The van der Waals surface area contributed by atoms with E-state index in [1.165, 1.54) is 0 Å². The number of hydrogen-bond acceptors (Lipinski definition) is 3. The number of carboxylic acids is 1. The van der Waals surface area contributed by atoms with Crippen LogP contribution in [0.25, 0.3) is 0 Å². The van der Waals surface area contributed by atoms with Crippen LogP contribution >= 0.6 is 11.8 Å². The van der Waals surface area contributed by atoms with E-state index in [1.807, 2.05) is 0 Å². The van der Waals surface area contributed by atoms with Crippen LogP contribution in [-0.4, -0.2) is 16.2 Å². The van der Waals surface area contributed by atoms with E-state index < -0.39 is 39.5 Å². The minimum Gasteiger partial charge on any atom is -0.475 e. The van der Waals surface area contributed by atoms with Crippen LogP contribution in [0.3, 0.4) is 0 Å². The van der Waals surface area contributed by atoms with E-state index in [1.54, 1.807) is 0 Å². The van der Waals surface area contributed by atoms with Crippen molar-refractivity contribution in [3.8, 4) is 0 Å². The first-order valence-electron chi connectivity index (χ1n) is 4.66. The summed E-state index contributed by atoms with van der Waals surface area (Å²) < 4.78 is 74.7. The Labute approximate surface area is 111 Å². The van der Waals surface area contributed by atoms with Gasteiger partial charge >= 0.3 is 23.4 Å². The smallest absolute Gasteiger partial charge is 0.416 e. The van der Waals surface area contributed by atoms with Gasteiger partial charge in [0.2, 0.25) is 0 Å². The Hall–Kier alpha value is -1.71. The Bertz CT molecular complexity index is 517. The fourth-order valence-corrected chi connectivity index (χ4v) is 1.81. The van der Waals surface area contributed by atoms with E-state index in [-0.39, 0.29) is 30.0 Å². The summed E-state index contributed by atoms with van der Waals surface area (Å²) in [5.74, 6) is -1.97. The fourth-order valence-electron chi connectivity index (χ4n) is 1.14. The number of alkyl halides is 6. The van der Waals surface area contributed by atoms with E-state index >= 15 is 0 Å². The molecule has 0 aliphatic rings. The predicted octanol–water partition coefficient (Wildman–Crippen LogP) is 3.43. The minimum atomic E-state index is -5.05. The largest absolute Gasteiger partial charge is 0.475 e. The number of thioether (sulfide) groups is 1. The molecular formula is C10H4F6O3S. The molecule has 0 amide bonds. The highest BCUT2D eigenvalue weighted by Crippen LogP contribution is 2.38. The van der Waals surface area contributed by atoms with Gasteiger partial charge in [-0.2, -0.15) is 26.3 Å². The molecule has 0 aliphatic heterocycles. The highest BCUT2D eigenvalue weighted by Gasteiger charge is 2.37. The van der Waals surface area contributed by atoms with Crippen molar-refractivity contribution in [2.24, 2.45) is 0 Å². The lowest BCUT2D eigenvalue weighted by molar-refractivity contribution is -0.144. The molecule has 1 N–H and O–H groups in total. The topological polar surface area (TPSA) is 54.4 Å². The van der Waals surface area contributed by atoms with Gasteiger partial charge in [-0.05, 0) is 30.0 Å². The van der Waals surface area contributed by atoms with Crippen LogP contribution in [0, 0.1) is 0 Å².